The number of benzene rings is 2. The predicted molar refractivity (Wildman–Crippen MR) is 100 cm³/mol. The lowest BCUT2D eigenvalue weighted by Gasteiger charge is -2.18. The van der Waals surface area contributed by atoms with E-state index in [4.69, 9.17) is 4.74 Å². The van der Waals surface area contributed by atoms with E-state index in [2.05, 4.69) is 15.3 Å². The molecule has 1 amide bonds. The lowest BCUT2D eigenvalue weighted by molar-refractivity contribution is -0.124. The fourth-order valence-electron chi connectivity index (χ4n) is 2.80. The Bertz CT molecular complexity index is 942. The number of carbonyl (C=O) groups excluding carboxylic acids is 2. The van der Waals surface area contributed by atoms with Crippen LogP contribution in [0, 0.1) is 13.8 Å². The normalized spacial score (nSPS) is 12.0. The molecule has 0 saturated heterocycles. The predicted octanol–water partition coefficient (Wildman–Crippen LogP) is 3.75. The number of aryl methyl sites for hydroxylation is 2. The zero-order chi connectivity index (χ0) is 18.7. The summed E-state index contributed by atoms with van der Waals surface area (Å²) in [7, 11) is 0. The van der Waals surface area contributed by atoms with E-state index in [9.17, 15) is 9.59 Å². The van der Waals surface area contributed by atoms with Gasteiger partial charge in [0, 0.05) is 5.69 Å². The van der Waals surface area contributed by atoms with E-state index in [1.54, 1.807) is 31.5 Å². The molecule has 1 unspecified atom stereocenters. The minimum Gasteiger partial charge on any atom is -0.449 e. The third kappa shape index (κ3) is 3.59. The molecule has 0 aliphatic rings. The number of aromatic amines is 1. The first-order chi connectivity index (χ1) is 12.5. The van der Waals surface area contributed by atoms with E-state index in [0.29, 0.717) is 12.0 Å². The number of nitrogens with one attached hydrogen (secondary N) is 2. The third-order valence-corrected chi connectivity index (χ3v) is 4.30. The Labute approximate surface area is 151 Å². The van der Waals surface area contributed by atoms with E-state index in [-0.39, 0.29) is 5.91 Å². The molecule has 26 heavy (non-hydrogen) atoms. The van der Waals surface area contributed by atoms with Gasteiger partial charge in [-0.2, -0.15) is 0 Å². The highest BCUT2D eigenvalue weighted by atomic mass is 16.5. The van der Waals surface area contributed by atoms with Crippen molar-refractivity contribution >= 4 is 28.6 Å². The van der Waals surface area contributed by atoms with Gasteiger partial charge in [-0.05, 0) is 49.6 Å². The second-order valence-electron chi connectivity index (χ2n) is 6.19. The summed E-state index contributed by atoms with van der Waals surface area (Å²) in [6.07, 6.45) is 1.08. The summed E-state index contributed by atoms with van der Waals surface area (Å²) in [6, 6.07) is 10.8. The van der Waals surface area contributed by atoms with Gasteiger partial charge < -0.3 is 15.0 Å². The van der Waals surface area contributed by atoms with Gasteiger partial charge in [-0.15, -0.1) is 0 Å². The van der Waals surface area contributed by atoms with Crippen molar-refractivity contribution in [1.82, 2.24) is 9.97 Å². The summed E-state index contributed by atoms with van der Waals surface area (Å²) in [5.41, 5.74) is 4.56. The number of esters is 1. The number of nitrogens with zero attached hydrogens (tertiary/aromatic N) is 1. The number of anilines is 1. The van der Waals surface area contributed by atoms with E-state index in [1.165, 1.54) is 0 Å². The van der Waals surface area contributed by atoms with Crippen LogP contribution in [-0.4, -0.2) is 27.9 Å². The van der Waals surface area contributed by atoms with Crippen LogP contribution in [0.15, 0.2) is 42.7 Å². The highest BCUT2D eigenvalue weighted by molar-refractivity contribution is 5.99. The number of para-hydroxylation sites is 1. The smallest absolute Gasteiger partial charge is 0.338 e. The Morgan fingerprint density at radius 3 is 2.62 bits per heavy atom. The fraction of sp³-hybridized carbons (Fsp3) is 0.250. The molecule has 2 N–H and O–H groups in total. The molecule has 0 bridgehead atoms. The number of aromatic nitrogens is 2. The van der Waals surface area contributed by atoms with Gasteiger partial charge in [-0.1, -0.05) is 25.1 Å². The lowest BCUT2D eigenvalue weighted by Crippen LogP contribution is -2.32. The first kappa shape index (κ1) is 17.7. The second kappa shape index (κ2) is 7.39. The molecule has 1 atom stereocenters. The first-order valence-corrected chi connectivity index (χ1v) is 8.50. The maximum absolute atomic E-state index is 12.6. The molecule has 2 aromatic carbocycles. The maximum atomic E-state index is 12.6. The van der Waals surface area contributed by atoms with E-state index in [0.717, 1.165) is 27.8 Å². The Morgan fingerprint density at radius 2 is 1.92 bits per heavy atom. The molecule has 0 fully saturated rings. The molecular formula is C20H21N3O3. The molecule has 1 aromatic heterocycles. The number of imidazole rings is 1. The lowest BCUT2D eigenvalue weighted by atomic mass is 10.1. The number of carbonyl (C=O) groups is 2. The van der Waals surface area contributed by atoms with Gasteiger partial charge >= 0.3 is 5.97 Å². The Hall–Kier alpha value is -3.15. The molecule has 3 aromatic rings. The molecule has 3 rings (SSSR count). The summed E-state index contributed by atoms with van der Waals surface area (Å²) in [5, 5.41) is 2.88. The molecule has 0 aliphatic heterocycles. The number of ether oxygens (including phenoxy) is 1. The van der Waals surface area contributed by atoms with Crippen LogP contribution in [-0.2, 0) is 9.53 Å². The minimum atomic E-state index is -0.862. The van der Waals surface area contributed by atoms with Crippen LogP contribution in [0.5, 0.6) is 0 Å². The molecule has 6 nitrogen and oxygen atoms in total. The van der Waals surface area contributed by atoms with Crippen LogP contribution in [0.3, 0.4) is 0 Å². The average molecular weight is 351 g/mol. The van der Waals surface area contributed by atoms with E-state index < -0.39 is 12.1 Å². The molecule has 134 valence electrons. The number of hydrogen-bond acceptors (Lipinski definition) is 4. The Morgan fingerprint density at radius 1 is 1.19 bits per heavy atom. The van der Waals surface area contributed by atoms with Gasteiger partial charge in [-0.3, -0.25) is 4.79 Å². The topological polar surface area (TPSA) is 84.1 Å². The summed E-state index contributed by atoms with van der Waals surface area (Å²) >= 11 is 0. The third-order valence-electron chi connectivity index (χ3n) is 4.30. The molecule has 0 spiro atoms. The fourth-order valence-corrected chi connectivity index (χ4v) is 2.80. The quantitative estimate of drug-likeness (QED) is 0.686. The van der Waals surface area contributed by atoms with Gasteiger partial charge in [0.15, 0.2) is 6.10 Å². The molecule has 0 saturated carbocycles. The van der Waals surface area contributed by atoms with Crippen molar-refractivity contribution in [3.63, 3.8) is 0 Å². The molecule has 0 aliphatic carbocycles. The van der Waals surface area contributed by atoms with Crippen molar-refractivity contribution in [2.45, 2.75) is 33.3 Å². The SMILES string of the molecule is CCC(OC(=O)c1ccc2nc[nH]c2c1)C(=O)Nc1c(C)cccc1C. The number of H-pyrrole nitrogens is 1. The summed E-state index contributed by atoms with van der Waals surface area (Å²) in [6.45, 7) is 5.66. The molecule has 0 radical (unpaired) electrons. The average Bonchev–Trinajstić information content (AvgIpc) is 3.10. The van der Waals surface area contributed by atoms with Gasteiger partial charge in [-0.25, -0.2) is 9.78 Å². The van der Waals surface area contributed by atoms with Crippen LogP contribution in [0.4, 0.5) is 5.69 Å². The first-order valence-electron chi connectivity index (χ1n) is 8.50. The number of rotatable bonds is 5. The standard InChI is InChI=1S/C20H21N3O3/c1-4-17(19(24)23-18-12(2)6-5-7-13(18)3)26-20(25)14-8-9-15-16(10-14)22-11-21-15/h5-11,17H,4H2,1-3H3,(H,21,22)(H,23,24). The zero-order valence-corrected chi connectivity index (χ0v) is 15.0. The van der Waals surface area contributed by atoms with Crippen molar-refractivity contribution in [3.05, 3.63) is 59.4 Å². The number of amides is 1. The highest BCUT2D eigenvalue weighted by Gasteiger charge is 2.23. The Kier molecular flexibility index (Phi) is 5.02. The van der Waals surface area contributed by atoms with Crippen molar-refractivity contribution in [2.24, 2.45) is 0 Å². The largest absolute Gasteiger partial charge is 0.449 e. The molecule has 1 heterocycles. The van der Waals surface area contributed by atoms with E-state index >= 15 is 0 Å². The van der Waals surface area contributed by atoms with Crippen LogP contribution < -0.4 is 5.32 Å². The summed E-state index contributed by atoms with van der Waals surface area (Å²) < 4.78 is 5.44. The van der Waals surface area contributed by atoms with Gasteiger partial charge in [0.05, 0.1) is 22.9 Å². The summed E-state index contributed by atoms with van der Waals surface area (Å²) in [4.78, 5) is 32.1. The zero-order valence-electron chi connectivity index (χ0n) is 15.0. The Balaban J connectivity index is 1.73. The number of hydrogen-bond donors (Lipinski definition) is 2. The van der Waals surface area contributed by atoms with Crippen LogP contribution in [0.2, 0.25) is 0 Å². The van der Waals surface area contributed by atoms with Crippen molar-refractivity contribution in [1.29, 1.82) is 0 Å². The highest BCUT2D eigenvalue weighted by Crippen LogP contribution is 2.20. The summed E-state index contributed by atoms with van der Waals surface area (Å²) in [5.74, 6) is -0.870. The van der Waals surface area contributed by atoms with E-state index in [1.807, 2.05) is 32.0 Å². The monoisotopic (exact) mass is 351 g/mol. The van der Waals surface area contributed by atoms with Gasteiger partial charge in [0.25, 0.3) is 5.91 Å². The van der Waals surface area contributed by atoms with Crippen LogP contribution in [0.25, 0.3) is 11.0 Å². The molecule has 6 heteroatoms. The second-order valence-corrected chi connectivity index (χ2v) is 6.19. The minimum absolute atomic E-state index is 0.333. The molecular weight excluding hydrogens is 330 g/mol. The van der Waals surface area contributed by atoms with Crippen molar-refractivity contribution in [2.75, 3.05) is 5.32 Å². The van der Waals surface area contributed by atoms with Crippen molar-refractivity contribution in [3.8, 4) is 0 Å². The van der Waals surface area contributed by atoms with Gasteiger partial charge in [0.2, 0.25) is 0 Å². The van der Waals surface area contributed by atoms with Crippen LogP contribution >= 0.6 is 0 Å². The van der Waals surface area contributed by atoms with Crippen LogP contribution in [0.1, 0.15) is 34.8 Å². The van der Waals surface area contributed by atoms with Crippen molar-refractivity contribution < 1.29 is 14.3 Å². The number of fused-ring (bicyclic) bond motifs is 1. The van der Waals surface area contributed by atoms with Gasteiger partial charge in [0.1, 0.15) is 0 Å². The maximum Gasteiger partial charge on any atom is 0.338 e.